The lowest BCUT2D eigenvalue weighted by molar-refractivity contribution is 0.445. The molecule has 3 rings (SSSR count). The van der Waals surface area contributed by atoms with Crippen molar-refractivity contribution in [1.29, 1.82) is 0 Å². The molecular weight excluding hydrogens is 326 g/mol. The van der Waals surface area contributed by atoms with Crippen molar-refractivity contribution >= 4 is 15.9 Å². The van der Waals surface area contributed by atoms with E-state index >= 15 is 0 Å². The lowest BCUT2D eigenvalue weighted by Crippen LogP contribution is -2.19. The van der Waals surface area contributed by atoms with E-state index in [9.17, 15) is 5.11 Å². The Morgan fingerprint density at radius 3 is 2.81 bits per heavy atom. The third-order valence-corrected chi connectivity index (χ3v) is 4.85. The number of aromatic hydroxyl groups is 1. The largest absolute Gasteiger partial charge is 0.508 e. The van der Waals surface area contributed by atoms with E-state index in [0.717, 1.165) is 23.0 Å². The van der Waals surface area contributed by atoms with Gasteiger partial charge in [0.15, 0.2) is 0 Å². The van der Waals surface area contributed by atoms with Gasteiger partial charge in [-0.25, -0.2) is 0 Å². The zero-order chi connectivity index (χ0) is 15.0. The van der Waals surface area contributed by atoms with Gasteiger partial charge in [-0.15, -0.1) is 0 Å². The van der Waals surface area contributed by atoms with Crippen LogP contribution in [0, 0.1) is 6.92 Å². The highest BCUT2D eigenvalue weighted by molar-refractivity contribution is 9.10. The number of hydrogen-bond donors (Lipinski definition) is 2. The molecule has 2 unspecified atom stereocenters. The van der Waals surface area contributed by atoms with Crippen molar-refractivity contribution in [3.8, 4) is 5.75 Å². The molecule has 110 valence electrons. The van der Waals surface area contributed by atoms with E-state index in [1.54, 1.807) is 0 Å². The van der Waals surface area contributed by atoms with Crippen LogP contribution in [-0.4, -0.2) is 5.11 Å². The van der Waals surface area contributed by atoms with Crippen LogP contribution in [0.15, 0.2) is 40.9 Å². The highest BCUT2D eigenvalue weighted by Gasteiger charge is 2.31. The van der Waals surface area contributed by atoms with Gasteiger partial charge in [-0.3, -0.25) is 0 Å². The maximum absolute atomic E-state index is 10.2. The summed E-state index contributed by atoms with van der Waals surface area (Å²) in [5.41, 5.74) is 4.94. The number of phenols is 1. The summed E-state index contributed by atoms with van der Waals surface area (Å²) in [4.78, 5) is 0. The summed E-state index contributed by atoms with van der Waals surface area (Å²) in [5, 5.41) is 13.8. The normalized spacial score (nSPS) is 20.5. The first-order valence-corrected chi connectivity index (χ1v) is 8.15. The van der Waals surface area contributed by atoms with E-state index in [4.69, 9.17) is 0 Å². The highest BCUT2D eigenvalue weighted by Crippen LogP contribution is 2.45. The van der Waals surface area contributed by atoms with E-state index in [2.05, 4.69) is 47.2 Å². The van der Waals surface area contributed by atoms with Gasteiger partial charge in [0.25, 0.3) is 0 Å². The molecule has 2 N–H and O–H groups in total. The van der Waals surface area contributed by atoms with E-state index in [-0.39, 0.29) is 6.04 Å². The molecule has 0 radical (unpaired) electrons. The van der Waals surface area contributed by atoms with Crippen molar-refractivity contribution < 1.29 is 5.11 Å². The van der Waals surface area contributed by atoms with Crippen LogP contribution >= 0.6 is 15.9 Å². The average Bonchev–Trinajstić information content (AvgIpc) is 2.79. The van der Waals surface area contributed by atoms with Crippen LogP contribution in [0.4, 0.5) is 0 Å². The Labute approximate surface area is 134 Å². The van der Waals surface area contributed by atoms with Gasteiger partial charge >= 0.3 is 0 Å². The van der Waals surface area contributed by atoms with E-state index in [0.29, 0.717) is 11.7 Å². The predicted molar refractivity (Wildman–Crippen MR) is 89.6 cm³/mol. The lowest BCUT2D eigenvalue weighted by atomic mass is 9.97. The van der Waals surface area contributed by atoms with E-state index in [1.165, 1.54) is 16.7 Å². The third-order valence-electron chi connectivity index (χ3n) is 4.35. The van der Waals surface area contributed by atoms with Gasteiger partial charge in [0.1, 0.15) is 5.75 Å². The fourth-order valence-corrected chi connectivity index (χ4v) is 3.86. The molecular formula is C18H20BrNO. The minimum atomic E-state index is 0.230. The molecule has 2 nitrogen and oxygen atoms in total. The van der Waals surface area contributed by atoms with Crippen molar-refractivity contribution in [3.63, 3.8) is 0 Å². The van der Waals surface area contributed by atoms with Gasteiger partial charge in [-0.2, -0.15) is 0 Å². The molecule has 0 saturated carbocycles. The topological polar surface area (TPSA) is 32.3 Å². The Kier molecular flexibility index (Phi) is 4.05. The average molecular weight is 346 g/mol. The quantitative estimate of drug-likeness (QED) is 0.837. The van der Waals surface area contributed by atoms with Crippen molar-refractivity contribution in [3.05, 3.63) is 63.1 Å². The summed E-state index contributed by atoms with van der Waals surface area (Å²) >= 11 is 3.50. The number of hydrogen-bond acceptors (Lipinski definition) is 2. The number of halogens is 1. The van der Waals surface area contributed by atoms with Crippen LogP contribution in [0.5, 0.6) is 5.75 Å². The van der Waals surface area contributed by atoms with Gasteiger partial charge in [-0.1, -0.05) is 41.1 Å². The predicted octanol–water partition coefficient (Wildman–Crippen LogP) is 4.80. The minimum Gasteiger partial charge on any atom is -0.508 e. The number of phenolic OH excluding ortho intramolecular Hbond substituents is 1. The molecule has 0 aliphatic heterocycles. The second-order valence-electron chi connectivity index (χ2n) is 5.93. The third kappa shape index (κ3) is 2.85. The number of rotatable bonds is 3. The summed E-state index contributed by atoms with van der Waals surface area (Å²) in [5.74, 6) is 0.916. The number of fused-ring (bicyclic) bond motifs is 1. The highest BCUT2D eigenvalue weighted by atomic mass is 79.9. The standard InChI is InChI=1S/C18H20BrNO/c1-11-6-7-16(21)18-15(8-12(2)17(11)18)20-10-13-4-3-5-14(19)9-13/h3-7,9,12,15,20-21H,8,10H2,1-2H3. The summed E-state index contributed by atoms with van der Waals surface area (Å²) in [6, 6.07) is 12.4. The fourth-order valence-electron chi connectivity index (χ4n) is 3.42. The second kappa shape index (κ2) is 5.82. The SMILES string of the molecule is Cc1ccc(O)c2c1C(C)CC2NCc1cccc(Br)c1. The molecule has 0 aromatic heterocycles. The first kappa shape index (κ1) is 14.6. The van der Waals surface area contributed by atoms with Crippen molar-refractivity contribution in [1.82, 2.24) is 5.32 Å². The van der Waals surface area contributed by atoms with Crippen LogP contribution in [0.25, 0.3) is 0 Å². The van der Waals surface area contributed by atoms with Crippen molar-refractivity contribution in [2.75, 3.05) is 0 Å². The molecule has 0 saturated heterocycles. The van der Waals surface area contributed by atoms with Gasteiger partial charge in [0.2, 0.25) is 0 Å². The van der Waals surface area contributed by atoms with Gasteiger partial charge < -0.3 is 10.4 Å². The molecule has 0 fully saturated rings. The molecule has 1 aliphatic rings. The zero-order valence-electron chi connectivity index (χ0n) is 12.4. The summed E-state index contributed by atoms with van der Waals surface area (Å²) in [6.45, 7) is 5.18. The van der Waals surface area contributed by atoms with Gasteiger partial charge in [0, 0.05) is 22.6 Å². The molecule has 2 aromatic carbocycles. The number of aryl methyl sites for hydroxylation is 1. The zero-order valence-corrected chi connectivity index (χ0v) is 13.9. The molecule has 0 amide bonds. The molecule has 0 spiro atoms. The van der Waals surface area contributed by atoms with Crippen LogP contribution in [0.3, 0.4) is 0 Å². The molecule has 3 heteroatoms. The van der Waals surface area contributed by atoms with Crippen molar-refractivity contribution in [2.45, 2.75) is 38.8 Å². The minimum absolute atomic E-state index is 0.230. The molecule has 2 atom stereocenters. The van der Waals surface area contributed by atoms with Crippen LogP contribution < -0.4 is 5.32 Å². The van der Waals surface area contributed by atoms with Gasteiger partial charge in [-0.05, 0) is 54.2 Å². The summed E-state index contributed by atoms with van der Waals surface area (Å²) < 4.78 is 1.10. The van der Waals surface area contributed by atoms with Crippen LogP contribution in [-0.2, 0) is 6.54 Å². The maximum atomic E-state index is 10.2. The van der Waals surface area contributed by atoms with E-state index in [1.807, 2.05) is 24.3 Å². The van der Waals surface area contributed by atoms with Crippen molar-refractivity contribution in [2.24, 2.45) is 0 Å². The molecule has 21 heavy (non-hydrogen) atoms. The van der Waals surface area contributed by atoms with Crippen LogP contribution in [0.2, 0.25) is 0 Å². The Morgan fingerprint density at radius 2 is 2.05 bits per heavy atom. The summed E-state index contributed by atoms with van der Waals surface area (Å²) in [6.07, 6.45) is 1.04. The molecule has 2 aromatic rings. The van der Waals surface area contributed by atoms with E-state index < -0.39 is 0 Å². The Hall–Kier alpha value is -1.32. The Morgan fingerprint density at radius 1 is 1.24 bits per heavy atom. The molecule has 0 heterocycles. The smallest absolute Gasteiger partial charge is 0.120 e. The maximum Gasteiger partial charge on any atom is 0.120 e. The monoisotopic (exact) mass is 345 g/mol. The molecule has 0 bridgehead atoms. The lowest BCUT2D eigenvalue weighted by Gasteiger charge is -2.16. The second-order valence-corrected chi connectivity index (χ2v) is 6.84. The summed E-state index contributed by atoms with van der Waals surface area (Å²) in [7, 11) is 0. The Bertz CT molecular complexity index is 668. The number of benzene rings is 2. The van der Waals surface area contributed by atoms with Crippen LogP contribution in [0.1, 0.15) is 47.6 Å². The first-order chi connectivity index (χ1) is 10.1. The first-order valence-electron chi connectivity index (χ1n) is 7.36. The fraction of sp³-hybridized carbons (Fsp3) is 0.333. The van der Waals surface area contributed by atoms with Gasteiger partial charge in [0.05, 0.1) is 0 Å². The molecule has 1 aliphatic carbocycles. The Balaban J connectivity index is 1.82. The number of nitrogens with one attached hydrogen (secondary N) is 1.